The first-order valence-electron chi connectivity index (χ1n) is 8.24. The molecule has 0 aliphatic carbocycles. The second-order valence-corrected chi connectivity index (χ2v) is 6.39. The maximum absolute atomic E-state index is 12.8. The van der Waals surface area contributed by atoms with Crippen LogP contribution < -0.4 is 5.32 Å². The highest BCUT2D eigenvalue weighted by Crippen LogP contribution is 2.30. The van der Waals surface area contributed by atoms with Crippen molar-refractivity contribution in [2.75, 3.05) is 6.54 Å². The largest absolute Gasteiger partial charge is 0.416 e. The summed E-state index contributed by atoms with van der Waals surface area (Å²) < 4.78 is 43.1. The van der Waals surface area contributed by atoms with Crippen LogP contribution in [0.5, 0.6) is 0 Å². The van der Waals surface area contributed by atoms with E-state index in [0.717, 1.165) is 18.5 Å². The summed E-state index contributed by atoms with van der Waals surface area (Å²) in [6.07, 6.45) is -3.30. The summed E-state index contributed by atoms with van der Waals surface area (Å²) in [6.45, 7) is 1.84. The van der Waals surface area contributed by atoms with E-state index in [1.165, 1.54) is 17.0 Å². The molecule has 1 aromatic carbocycles. The van der Waals surface area contributed by atoms with Gasteiger partial charge in [-0.1, -0.05) is 17.3 Å². The Labute approximate surface area is 152 Å². The summed E-state index contributed by atoms with van der Waals surface area (Å²) >= 11 is 0. The van der Waals surface area contributed by atoms with Crippen molar-refractivity contribution in [2.45, 2.75) is 32.1 Å². The molecule has 1 fully saturated rings. The van der Waals surface area contributed by atoms with E-state index >= 15 is 0 Å². The normalized spacial score (nSPS) is 18.6. The van der Waals surface area contributed by atoms with Crippen LogP contribution >= 0.6 is 0 Å². The molecule has 1 saturated heterocycles. The monoisotopic (exact) mass is 382 g/mol. The molecule has 0 spiro atoms. The van der Waals surface area contributed by atoms with E-state index in [4.69, 9.17) is 0 Å². The van der Waals surface area contributed by atoms with Gasteiger partial charge in [-0.2, -0.15) is 18.2 Å². The Morgan fingerprint density at radius 2 is 2.22 bits per heavy atom. The predicted octanol–water partition coefficient (Wildman–Crippen LogP) is 2.31. The Morgan fingerprint density at radius 1 is 1.44 bits per heavy atom. The SMILES string of the molecule is C[C@@H](NC(=O)[C@H]1CC(=O)N(Cc2cccc(C(F)(F)F)c2)C1)c1ncon1. The Hall–Kier alpha value is -2.91. The number of aromatic nitrogens is 2. The summed E-state index contributed by atoms with van der Waals surface area (Å²) in [5.41, 5.74) is -0.408. The Kier molecular flexibility index (Phi) is 5.15. The molecule has 0 bridgehead atoms. The summed E-state index contributed by atoms with van der Waals surface area (Å²) in [5, 5.41) is 6.35. The van der Waals surface area contributed by atoms with Crippen molar-refractivity contribution in [3.8, 4) is 0 Å². The molecule has 10 heteroatoms. The molecule has 2 heterocycles. The zero-order chi connectivity index (χ0) is 19.6. The number of carbonyl (C=O) groups is 2. The van der Waals surface area contributed by atoms with Gasteiger partial charge in [0.2, 0.25) is 18.2 Å². The van der Waals surface area contributed by atoms with Crippen molar-refractivity contribution in [1.82, 2.24) is 20.4 Å². The highest BCUT2D eigenvalue weighted by molar-refractivity contribution is 5.89. The van der Waals surface area contributed by atoms with Crippen molar-refractivity contribution in [2.24, 2.45) is 5.92 Å². The molecule has 27 heavy (non-hydrogen) atoms. The van der Waals surface area contributed by atoms with Crippen molar-refractivity contribution in [3.63, 3.8) is 0 Å². The number of alkyl halides is 3. The van der Waals surface area contributed by atoms with Gasteiger partial charge in [0.25, 0.3) is 0 Å². The van der Waals surface area contributed by atoms with Crippen LogP contribution in [0.25, 0.3) is 0 Å². The second kappa shape index (κ2) is 7.37. The van der Waals surface area contributed by atoms with E-state index in [2.05, 4.69) is 20.0 Å². The third kappa shape index (κ3) is 4.44. The third-order valence-electron chi connectivity index (χ3n) is 4.34. The first-order valence-corrected chi connectivity index (χ1v) is 8.24. The fraction of sp³-hybridized carbons (Fsp3) is 0.412. The van der Waals surface area contributed by atoms with Crippen molar-refractivity contribution in [3.05, 3.63) is 47.6 Å². The van der Waals surface area contributed by atoms with Crippen LogP contribution in [0.3, 0.4) is 0 Å². The number of hydrogen-bond donors (Lipinski definition) is 1. The summed E-state index contributed by atoms with van der Waals surface area (Å²) in [5.74, 6) is -0.891. The van der Waals surface area contributed by atoms with Crippen molar-refractivity contribution in [1.29, 1.82) is 0 Å². The number of nitrogens with zero attached hydrogens (tertiary/aromatic N) is 3. The van der Waals surface area contributed by atoms with E-state index in [1.54, 1.807) is 6.92 Å². The number of likely N-dealkylation sites (tertiary alicyclic amines) is 1. The molecule has 2 atom stereocenters. The molecule has 0 saturated carbocycles. The number of hydrogen-bond acceptors (Lipinski definition) is 5. The van der Waals surface area contributed by atoms with Gasteiger partial charge in [0, 0.05) is 19.5 Å². The lowest BCUT2D eigenvalue weighted by atomic mass is 10.1. The van der Waals surface area contributed by atoms with E-state index in [0.29, 0.717) is 11.4 Å². The second-order valence-electron chi connectivity index (χ2n) is 6.39. The third-order valence-corrected chi connectivity index (χ3v) is 4.34. The van der Waals surface area contributed by atoms with Gasteiger partial charge in [-0.25, -0.2) is 0 Å². The van der Waals surface area contributed by atoms with Crippen LogP contribution in [-0.2, 0) is 22.3 Å². The molecule has 2 amide bonds. The van der Waals surface area contributed by atoms with Crippen LogP contribution in [0.1, 0.15) is 36.3 Å². The molecule has 1 aliphatic rings. The van der Waals surface area contributed by atoms with Crippen LogP contribution in [0.4, 0.5) is 13.2 Å². The summed E-state index contributed by atoms with van der Waals surface area (Å²) in [7, 11) is 0. The Balaban J connectivity index is 1.61. The Morgan fingerprint density at radius 3 is 2.89 bits per heavy atom. The quantitative estimate of drug-likeness (QED) is 0.857. The molecular weight excluding hydrogens is 365 g/mol. The molecule has 0 radical (unpaired) electrons. The van der Waals surface area contributed by atoms with Crippen LogP contribution in [0.15, 0.2) is 35.2 Å². The summed E-state index contributed by atoms with van der Waals surface area (Å²) in [6, 6.07) is 4.33. The maximum Gasteiger partial charge on any atom is 0.416 e. The van der Waals surface area contributed by atoms with Gasteiger partial charge in [0.05, 0.1) is 17.5 Å². The highest BCUT2D eigenvalue weighted by Gasteiger charge is 2.35. The lowest BCUT2D eigenvalue weighted by Crippen LogP contribution is -2.34. The standard InChI is InChI=1S/C17H17F3N4O3/c1-10(15-21-9-27-23-15)22-16(26)12-6-14(25)24(8-12)7-11-3-2-4-13(5-11)17(18,19)20/h2-5,9-10,12H,6-8H2,1H3,(H,22,26)/t10-,12+/m1/s1. The van der Waals surface area contributed by atoms with Gasteiger partial charge in [-0.3, -0.25) is 9.59 Å². The highest BCUT2D eigenvalue weighted by atomic mass is 19.4. The van der Waals surface area contributed by atoms with Crippen LogP contribution in [0, 0.1) is 5.92 Å². The number of amides is 2. The fourth-order valence-electron chi connectivity index (χ4n) is 2.93. The van der Waals surface area contributed by atoms with Crippen LogP contribution in [0.2, 0.25) is 0 Å². The average molecular weight is 382 g/mol. The molecule has 2 aromatic rings. The van der Waals surface area contributed by atoms with Gasteiger partial charge in [-0.05, 0) is 24.6 Å². The maximum atomic E-state index is 12.8. The molecular formula is C17H17F3N4O3. The average Bonchev–Trinajstić information content (AvgIpc) is 3.25. The molecule has 0 unspecified atom stereocenters. The molecule has 7 nitrogen and oxygen atoms in total. The van der Waals surface area contributed by atoms with Gasteiger partial charge < -0.3 is 14.7 Å². The molecule has 1 aliphatic heterocycles. The minimum atomic E-state index is -4.45. The van der Waals surface area contributed by atoms with E-state index in [-0.39, 0.29) is 31.3 Å². The van der Waals surface area contributed by atoms with Gasteiger partial charge in [0.15, 0.2) is 5.82 Å². The summed E-state index contributed by atoms with van der Waals surface area (Å²) in [4.78, 5) is 29.8. The minimum absolute atomic E-state index is 0.00373. The smallest absolute Gasteiger partial charge is 0.346 e. The molecule has 1 N–H and O–H groups in total. The first-order chi connectivity index (χ1) is 12.7. The first kappa shape index (κ1) is 18.9. The molecule has 3 rings (SSSR count). The lowest BCUT2D eigenvalue weighted by molar-refractivity contribution is -0.137. The fourth-order valence-corrected chi connectivity index (χ4v) is 2.93. The van der Waals surface area contributed by atoms with E-state index in [9.17, 15) is 22.8 Å². The van der Waals surface area contributed by atoms with E-state index in [1.807, 2.05) is 0 Å². The lowest BCUT2D eigenvalue weighted by Gasteiger charge is -2.18. The topological polar surface area (TPSA) is 88.3 Å². The number of carbonyl (C=O) groups excluding carboxylic acids is 2. The molecule has 144 valence electrons. The predicted molar refractivity (Wildman–Crippen MR) is 85.8 cm³/mol. The number of rotatable bonds is 5. The minimum Gasteiger partial charge on any atom is -0.346 e. The Bertz CT molecular complexity index is 823. The van der Waals surface area contributed by atoms with Gasteiger partial charge in [-0.15, -0.1) is 0 Å². The zero-order valence-electron chi connectivity index (χ0n) is 14.4. The number of benzene rings is 1. The van der Waals surface area contributed by atoms with E-state index < -0.39 is 23.7 Å². The van der Waals surface area contributed by atoms with Crippen LogP contribution in [-0.4, -0.2) is 33.4 Å². The molecule has 1 aromatic heterocycles. The van der Waals surface area contributed by atoms with Crippen molar-refractivity contribution < 1.29 is 27.3 Å². The van der Waals surface area contributed by atoms with Crippen molar-refractivity contribution >= 4 is 11.8 Å². The zero-order valence-corrected chi connectivity index (χ0v) is 14.4. The van der Waals surface area contributed by atoms with Gasteiger partial charge in [0.1, 0.15) is 0 Å². The number of halogens is 3. The van der Waals surface area contributed by atoms with Gasteiger partial charge >= 0.3 is 6.18 Å². The number of nitrogens with one attached hydrogen (secondary N) is 1.